The smallest absolute Gasteiger partial charge is 0.0535 e. The summed E-state index contributed by atoms with van der Waals surface area (Å²) in [6.45, 7) is 98.0. The van der Waals surface area contributed by atoms with E-state index in [1.54, 1.807) is 296 Å². The van der Waals surface area contributed by atoms with Gasteiger partial charge >= 0.3 is 0 Å². The van der Waals surface area contributed by atoms with Crippen LogP contribution in [0.3, 0.4) is 0 Å². The lowest BCUT2D eigenvalue weighted by atomic mass is 10.5. The summed E-state index contributed by atoms with van der Waals surface area (Å²) in [5, 5.41) is 0. The highest BCUT2D eigenvalue weighted by Crippen LogP contribution is 2.47. The predicted molar refractivity (Wildman–Crippen MR) is 537 cm³/mol. The molecule has 0 aliphatic carbocycles. The first-order chi connectivity index (χ1) is 45.3. The first kappa shape index (κ1) is 105. The van der Waals surface area contributed by atoms with Crippen LogP contribution in [0.5, 0.6) is 0 Å². The topological polar surface area (TPSA) is 0 Å². The Morgan fingerprint density at radius 3 is 0.178 bits per heavy atom. The zero-order valence-corrected chi connectivity index (χ0v) is 95.4. The van der Waals surface area contributed by atoms with Gasteiger partial charge in [0.15, 0.2) is 0 Å². The van der Waals surface area contributed by atoms with Crippen LogP contribution in [0, 0.1) is 0 Å². The fraction of sp³-hybridized carbons (Fsp3) is 1.00. The van der Waals surface area contributed by atoms with Gasteiger partial charge in [0.2, 0.25) is 0 Å². The van der Waals surface area contributed by atoms with E-state index in [0.29, 0.717) is 0 Å². The van der Waals surface area contributed by atoms with Gasteiger partial charge in [-0.15, -0.1) is 0 Å². The van der Waals surface area contributed by atoms with Crippen molar-refractivity contribution in [3.8, 4) is 0 Å². The third kappa shape index (κ3) is 61.8. The molecule has 0 aliphatic heterocycles. The molecule has 0 aromatic carbocycles. The van der Waals surface area contributed by atoms with Crippen molar-refractivity contribution in [1.82, 2.24) is 0 Å². The van der Waals surface area contributed by atoms with Gasteiger partial charge in [-0.25, -0.2) is 0 Å². The number of hydrogen-bond acceptors (Lipinski definition) is 0. The molecule has 0 fully saturated rings. The van der Waals surface area contributed by atoms with Crippen LogP contribution in [0.25, 0.3) is 0 Å². The van der Waals surface area contributed by atoms with E-state index >= 15 is 0 Å². The van der Waals surface area contributed by atoms with Gasteiger partial charge in [-0.3, -0.25) is 0 Å². The summed E-state index contributed by atoms with van der Waals surface area (Å²) < 4.78 is 0. The third-order valence-corrected chi connectivity index (χ3v) is 75.8. The van der Waals surface area contributed by atoms with Crippen molar-refractivity contribution < 1.29 is 0 Å². The molecule has 0 saturated heterocycles. The minimum absolute atomic E-state index is 1.13. The molecule has 0 nitrogen and oxygen atoms in total. The zero-order valence-electron chi connectivity index (χ0n) is 78.4. The van der Waals surface area contributed by atoms with E-state index in [2.05, 4.69) is 236 Å². The Balaban J connectivity index is 9.36. The molecule has 0 N–H and O–H groups in total. The lowest BCUT2D eigenvalue weighted by Gasteiger charge is -2.41. The van der Waals surface area contributed by atoms with Gasteiger partial charge in [0.1, 0.15) is 0 Å². The van der Waals surface area contributed by atoms with Crippen molar-refractivity contribution in [3.05, 3.63) is 0 Å². The highest BCUT2D eigenvalue weighted by Gasteiger charge is 2.43. The zero-order chi connectivity index (χ0) is 78.4. The molecule has 17 heteroatoms. The second-order valence-corrected chi connectivity index (χ2v) is 144. The van der Waals surface area contributed by atoms with Gasteiger partial charge in [0.05, 0.1) is 40.4 Å². The lowest BCUT2D eigenvalue weighted by Crippen LogP contribution is -2.41. The van der Waals surface area contributed by atoms with Crippen molar-refractivity contribution in [2.45, 2.75) is 532 Å². The van der Waals surface area contributed by atoms with Crippen LogP contribution >= 0.6 is 0 Å². The van der Waals surface area contributed by atoms with Crippen LogP contribution in [-0.4, -0.2) is 137 Å². The molecule has 0 aromatic heterocycles. The molecule has 0 rings (SSSR count). The van der Waals surface area contributed by atoms with Gasteiger partial charge in [-0.2, -0.15) is 0 Å². The highest BCUT2D eigenvalue weighted by atomic mass is 28.4. The van der Waals surface area contributed by atoms with E-state index in [9.17, 15) is 0 Å². The summed E-state index contributed by atoms with van der Waals surface area (Å²) in [5.74, 6) is 0. The van der Waals surface area contributed by atoms with Crippen molar-refractivity contribution >= 4 is 137 Å². The quantitative estimate of drug-likeness (QED) is 0.0533. The Labute approximate surface area is 663 Å². The van der Waals surface area contributed by atoms with Crippen LogP contribution in [0.2, 0.25) is 429 Å². The first-order valence-corrected chi connectivity index (χ1v) is 104. The van der Waals surface area contributed by atoms with E-state index < -0.39 is 137 Å². The molecule has 0 bridgehead atoms. The van der Waals surface area contributed by atoms with Crippen LogP contribution in [0.4, 0.5) is 0 Å². The maximum atomic E-state index is 2.72. The van der Waals surface area contributed by atoms with Gasteiger partial charge in [0.25, 0.3) is 0 Å². The summed E-state index contributed by atoms with van der Waals surface area (Å²) in [4.78, 5) is 0. The Bertz CT molecular complexity index is 1610. The minimum atomic E-state index is -1.76. The summed E-state index contributed by atoms with van der Waals surface area (Å²) in [6, 6.07) is 53.4. The second-order valence-electron chi connectivity index (χ2n) is 51.9. The fourth-order valence-corrected chi connectivity index (χ4v) is 65.6. The summed E-state index contributed by atoms with van der Waals surface area (Å²) in [7, 11) is -21.3. The van der Waals surface area contributed by atoms with Crippen LogP contribution in [0.1, 0.15) is 103 Å². The van der Waals surface area contributed by atoms with E-state index in [4.69, 9.17) is 0 Å². The molecule has 0 aromatic rings. The van der Waals surface area contributed by atoms with Gasteiger partial charge in [-0.1, -0.05) is 532 Å². The van der Waals surface area contributed by atoms with Crippen molar-refractivity contribution in [2.24, 2.45) is 0 Å². The average molecular weight is 1690 g/mol. The highest BCUT2D eigenvalue weighted by molar-refractivity contribution is 6.86. The minimum Gasteiger partial charge on any atom is -0.0695 e. The molecule has 0 atom stereocenters. The van der Waals surface area contributed by atoms with E-state index in [1.165, 1.54) is 0 Å². The average Bonchev–Trinajstić information content (AvgIpc) is 0.834. The molecule has 0 unspecified atom stereocenters. The SMILES string of the molecule is C[Si](C)(C)CCC[Si](CCC[Si](C)(C)C)(CCC[Si](C)(C)C)CCC[Si](CCC[Si](CCC[Si](C)(C)C)(CCC[Si](C)(C)C)CCC[Si](C)(C)C)(CCC[Si](CCC[Si](C)(C)C)(CCC[Si](C)(C)C)CCC[Si](C)(C)C)CCC[Si](CCC[Si](C)(C)C)(CCC[Si](C)(C)C)CCC[Si](C)(C)C. The standard InChI is InChI=1S/C84H204Si17/c1-85(2,3)53-37-65-97(66-38-54-86(4,5)6,67-39-55-87(7,8)9)77-49-81-101(82-50-78-98(68-40-56-88(10,11)12,69-41-57-89(13,14)15)70-42-58-90(16,17)18,83-51-79-99(71-43-59-91(19,20)21,72-44-60-92(22,23)24)73-45-61-93(25,26)27)84-52-80-100(74-46-62-94(28,29)30,75-47-63-95(31,32)33)76-48-64-96(34,35)36/h37-84H2,1-36H3. The van der Waals surface area contributed by atoms with Crippen LogP contribution < -0.4 is 0 Å². The molecule has 0 heterocycles. The molecular formula is C84H204Si17. The van der Waals surface area contributed by atoms with E-state index in [-0.39, 0.29) is 0 Å². The monoisotopic (exact) mass is 1690 g/mol. The van der Waals surface area contributed by atoms with Crippen molar-refractivity contribution in [1.29, 1.82) is 0 Å². The molecular weight excluding hydrogens is 1490 g/mol. The second kappa shape index (κ2) is 46.3. The summed E-state index contributed by atoms with van der Waals surface area (Å²) >= 11 is 0. The van der Waals surface area contributed by atoms with Crippen molar-refractivity contribution in [3.63, 3.8) is 0 Å². The molecule has 0 saturated carbocycles. The molecule has 101 heavy (non-hydrogen) atoms. The maximum Gasteiger partial charge on any atom is 0.0535 e. The Morgan fingerprint density at radius 2 is 0.129 bits per heavy atom. The molecule has 0 spiro atoms. The van der Waals surface area contributed by atoms with Crippen LogP contribution in [-0.2, 0) is 0 Å². The Hall–Kier alpha value is 3.69. The number of hydrogen-bond donors (Lipinski definition) is 0. The fourth-order valence-electron chi connectivity index (χ4n) is 19.0. The van der Waals surface area contributed by atoms with Crippen molar-refractivity contribution in [2.75, 3.05) is 0 Å². The molecule has 608 valence electrons. The maximum absolute atomic E-state index is 2.72. The summed E-state index contributed by atoms with van der Waals surface area (Å²) in [6.07, 6.45) is 25.7. The Kier molecular flexibility index (Phi) is 48.0. The van der Waals surface area contributed by atoms with Gasteiger partial charge in [-0.05, 0) is 0 Å². The van der Waals surface area contributed by atoms with E-state index in [0.717, 1.165) is 0 Å². The van der Waals surface area contributed by atoms with Gasteiger partial charge < -0.3 is 0 Å². The first-order valence-electron chi connectivity index (χ1n) is 45.3. The van der Waals surface area contributed by atoms with E-state index in [1.807, 2.05) is 0 Å². The number of rotatable bonds is 64. The normalized spacial score (nSPS) is 14.9. The summed E-state index contributed by atoms with van der Waals surface area (Å²) in [5.41, 5.74) is 0. The van der Waals surface area contributed by atoms with Gasteiger partial charge in [0, 0.05) is 96.9 Å². The third-order valence-electron chi connectivity index (χ3n) is 25.3. The molecule has 0 amide bonds. The molecule has 0 radical (unpaired) electrons. The lowest BCUT2D eigenvalue weighted by molar-refractivity contribution is 0.812. The Morgan fingerprint density at radius 1 is 0.0792 bits per heavy atom. The van der Waals surface area contributed by atoms with Crippen LogP contribution in [0.15, 0.2) is 0 Å². The predicted octanol–water partition coefficient (Wildman–Crippen LogP) is 35.5. The largest absolute Gasteiger partial charge is 0.0695 e. The molecule has 0 aliphatic rings.